The highest BCUT2D eigenvalue weighted by Crippen LogP contribution is 2.43. The maximum atomic E-state index is 10.3. The molecular weight excluding hydrogens is 671 g/mol. The molecule has 0 saturated carbocycles. The van der Waals surface area contributed by atoms with Crippen LogP contribution in [-0.4, -0.2) is 9.13 Å². The molecule has 10 rings (SSSR count). The molecule has 0 amide bonds. The second-order valence-electron chi connectivity index (χ2n) is 13.6. The van der Waals surface area contributed by atoms with Crippen molar-refractivity contribution in [2.75, 3.05) is 4.90 Å². The average Bonchev–Trinajstić information content (AvgIpc) is 3.76. The molecule has 8 aromatic carbocycles. The molecule has 0 atom stereocenters. The SMILES string of the molecule is [C-]#[N+]c1cccc(C#N)c1-n1c2ccc(-c3ccc4c5ccccc5n(-c5ccccc5)c4c3)cc2c2cc(N(c3ccccc3)c3ccccc3)ccc21. The van der Waals surface area contributed by atoms with Gasteiger partial charge in [-0.3, -0.25) is 0 Å². The van der Waals surface area contributed by atoms with Gasteiger partial charge in [0.15, 0.2) is 0 Å². The quantitative estimate of drug-likeness (QED) is 0.162. The van der Waals surface area contributed by atoms with Crippen molar-refractivity contribution < 1.29 is 0 Å². The van der Waals surface area contributed by atoms with Crippen LogP contribution in [0.25, 0.3) is 71.0 Å². The average molecular weight is 702 g/mol. The Kier molecular flexibility index (Phi) is 7.51. The van der Waals surface area contributed by atoms with Gasteiger partial charge in [-0.25, -0.2) is 4.85 Å². The zero-order valence-electron chi connectivity index (χ0n) is 29.6. The molecule has 0 aliphatic rings. The first-order valence-corrected chi connectivity index (χ1v) is 18.2. The number of fused-ring (bicyclic) bond motifs is 6. The Morgan fingerprint density at radius 3 is 1.75 bits per heavy atom. The number of hydrogen-bond donors (Lipinski definition) is 0. The third kappa shape index (κ3) is 5.15. The van der Waals surface area contributed by atoms with E-state index in [1.54, 1.807) is 18.2 Å². The zero-order valence-corrected chi connectivity index (χ0v) is 29.6. The van der Waals surface area contributed by atoms with Gasteiger partial charge >= 0.3 is 0 Å². The molecule has 0 aliphatic heterocycles. The Labute approximate surface area is 318 Å². The van der Waals surface area contributed by atoms with Crippen molar-refractivity contribution in [2.24, 2.45) is 0 Å². The Balaban J connectivity index is 1.25. The molecule has 0 N–H and O–H groups in total. The summed E-state index contributed by atoms with van der Waals surface area (Å²) < 4.78 is 4.44. The molecule has 0 bridgehead atoms. The maximum absolute atomic E-state index is 10.3. The number of para-hydroxylation sites is 5. The molecule has 0 radical (unpaired) electrons. The molecule has 10 aromatic rings. The molecule has 5 nitrogen and oxygen atoms in total. The number of nitriles is 1. The standard InChI is InChI=1S/C50H31N5/c1-52-45-22-13-14-36(33-51)50(45)55-47-28-25-34(35-24-27-42-41-21-11-12-23-46(41)54(49(42)31-35)39-19-9-4-10-20-39)30-43(47)44-32-40(26-29-48(44)55)53(37-15-5-2-6-16-37)38-17-7-3-8-18-38/h2-32H. The molecule has 0 aliphatic carbocycles. The predicted octanol–water partition coefficient (Wildman–Crippen LogP) is 13.4. The lowest BCUT2D eigenvalue weighted by molar-refractivity contribution is 1.17. The maximum Gasteiger partial charge on any atom is 0.211 e. The number of aromatic nitrogens is 2. The third-order valence-electron chi connectivity index (χ3n) is 10.5. The van der Waals surface area contributed by atoms with Crippen LogP contribution in [-0.2, 0) is 0 Å². The Morgan fingerprint density at radius 2 is 1.04 bits per heavy atom. The van der Waals surface area contributed by atoms with Crippen LogP contribution in [0.4, 0.5) is 22.7 Å². The van der Waals surface area contributed by atoms with Gasteiger partial charge in [-0.15, -0.1) is 0 Å². The van der Waals surface area contributed by atoms with E-state index < -0.39 is 0 Å². The van der Waals surface area contributed by atoms with E-state index in [0.29, 0.717) is 16.9 Å². The molecule has 256 valence electrons. The minimum Gasteiger partial charge on any atom is -0.318 e. The molecule has 5 heteroatoms. The number of benzene rings is 8. The highest BCUT2D eigenvalue weighted by molar-refractivity contribution is 6.13. The van der Waals surface area contributed by atoms with Gasteiger partial charge < -0.3 is 14.0 Å². The van der Waals surface area contributed by atoms with E-state index in [-0.39, 0.29) is 0 Å². The topological polar surface area (TPSA) is 41.2 Å². The summed E-state index contributed by atoms with van der Waals surface area (Å²) in [5.74, 6) is 0. The smallest absolute Gasteiger partial charge is 0.211 e. The lowest BCUT2D eigenvalue weighted by Crippen LogP contribution is -2.09. The first kappa shape index (κ1) is 31.8. The summed E-state index contributed by atoms with van der Waals surface area (Å²) in [5, 5.41) is 14.8. The van der Waals surface area contributed by atoms with Gasteiger partial charge in [0.25, 0.3) is 0 Å². The van der Waals surface area contributed by atoms with Crippen molar-refractivity contribution >= 4 is 66.4 Å². The van der Waals surface area contributed by atoms with Crippen molar-refractivity contribution in [3.05, 3.63) is 205 Å². The first-order chi connectivity index (χ1) is 27.2. The van der Waals surface area contributed by atoms with Crippen molar-refractivity contribution in [2.45, 2.75) is 0 Å². The molecular formula is C50H31N5. The summed E-state index contributed by atoms with van der Waals surface area (Å²) in [4.78, 5) is 6.15. The van der Waals surface area contributed by atoms with Crippen LogP contribution in [0.3, 0.4) is 0 Å². The summed E-state index contributed by atoms with van der Waals surface area (Å²) in [7, 11) is 0. The minimum atomic E-state index is 0.431. The van der Waals surface area contributed by atoms with Gasteiger partial charge in [0.1, 0.15) is 0 Å². The number of anilines is 3. The number of rotatable bonds is 6. The summed E-state index contributed by atoms with van der Waals surface area (Å²) in [6, 6.07) is 67.4. The molecule has 0 saturated heterocycles. The first-order valence-electron chi connectivity index (χ1n) is 18.2. The number of nitrogens with zero attached hydrogens (tertiary/aromatic N) is 5. The van der Waals surface area contributed by atoms with Gasteiger partial charge in [-0.05, 0) is 96.1 Å². The zero-order chi connectivity index (χ0) is 36.9. The summed E-state index contributed by atoms with van der Waals surface area (Å²) in [5.41, 5.74) is 12.0. The largest absolute Gasteiger partial charge is 0.318 e. The van der Waals surface area contributed by atoms with Gasteiger partial charge in [0, 0.05) is 44.3 Å². The molecule has 2 aromatic heterocycles. The Morgan fingerprint density at radius 1 is 0.455 bits per heavy atom. The summed E-state index contributed by atoms with van der Waals surface area (Å²) in [6.45, 7) is 8.08. The molecule has 0 unspecified atom stereocenters. The van der Waals surface area contributed by atoms with E-state index in [1.165, 1.54) is 16.3 Å². The van der Waals surface area contributed by atoms with E-state index >= 15 is 0 Å². The van der Waals surface area contributed by atoms with Crippen molar-refractivity contribution in [3.8, 4) is 28.6 Å². The second kappa shape index (κ2) is 13.0. The third-order valence-corrected chi connectivity index (χ3v) is 10.5. The second-order valence-corrected chi connectivity index (χ2v) is 13.6. The van der Waals surface area contributed by atoms with Crippen LogP contribution in [0.1, 0.15) is 5.56 Å². The lowest BCUT2D eigenvalue weighted by atomic mass is 10.0. The minimum absolute atomic E-state index is 0.431. The van der Waals surface area contributed by atoms with E-state index in [4.69, 9.17) is 6.57 Å². The van der Waals surface area contributed by atoms with Crippen LogP contribution in [0.5, 0.6) is 0 Å². The highest BCUT2D eigenvalue weighted by Gasteiger charge is 2.21. The monoisotopic (exact) mass is 701 g/mol. The van der Waals surface area contributed by atoms with E-state index in [0.717, 1.165) is 61.2 Å². The molecule has 2 heterocycles. The normalized spacial score (nSPS) is 11.2. The van der Waals surface area contributed by atoms with Gasteiger partial charge in [0.2, 0.25) is 5.69 Å². The van der Waals surface area contributed by atoms with E-state index in [2.05, 4.69) is 183 Å². The van der Waals surface area contributed by atoms with Gasteiger partial charge in [-0.1, -0.05) is 103 Å². The van der Waals surface area contributed by atoms with Crippen molar-refractivity contribution in [1.82, 2.24) is 9.13 Å². The number of hydrogen-bond acceptors (Lipinski definition) is 2. The summed E-state index contributed by atoms with van der Waals surface area (Å²) in [6.07, 6.45) is 0. The van der Waals surface area contributed by atoms with Gasteiger partial charge in [0.05, 0.1) is 46.0 Å². The molecule has 55 heavy (non-hydrogen) atoms. The van der Waals surface area contributed by atoms with Gasteiger partial charge in [-0.2, -0.15) is 5.26 Å². The fourth-order valence-corrected chi connectivity index (χ4v) is 8.12. The molecule has 0 spiro atoms. The fourth-order valence-electron chi connectivity index (χ4n) is 8.12. The van der Waals surface area contributed by atoms with E-state index in [9.17, 15) is 5.26 Å². The van der Waals surface area contributed by atoms with Crippen LogP contribution in [0.15, 0.2) is 188 Å². The Hall–Kier alpha value is -7.86. The van der Waals surface area contributed by atoms with Crippen LogP contribution in [0, 0.1) is 17.9 Å². The van der Waals surface area contributed by atoms with Crippen LogP contribution >= 0.6 is 0 Å². The van der Waals surface area contributed by atoms with Crippen molar-refractivity contribution in [1.29, 1.82) is 5.26 Å². The Bertz CT molecular complexity index is 3090. The van der Waals surface area contributed by atoms with Crippen molar-refractivity contribution in [3.63, 3.8) is 0 Å². The highest BCUT2D eigenvalue weighted by atomic mass is 15.1. The van der Waals surface area contributed by atoms with Crippen LogP contribution in [0.2, 0.25) is 0 Å². The van der Waals surface area contributed by atoms with Crippen LogP contribution < -0.4 is 4.90 Å². The lowest BCUT2D eigenvalue weighted by Gasteiger charge is -2.25. The van der Waals surface area contributed by atoms with E-state index in [1.807, 2.05) is 12.1 Å². The molecule has 0 fully saturated rings. The predicted molar refractivity (Wildman–Crippen MR) is 226 cm³/mol. The fraction of sp³-hybridized carbons (Fsp3) is 0. The summed E-state index contributed by atoms with van der Waals surface area (Å²) >= 11 is 0.